The maximum atomic E-state index is 12.4. The summed E-state index contributed by atoms with van der Waals surface area (Å²) in [6.07, 6.45) is 1.70. The molecule has 2 aromatic rings. The van der Waals surface area contributed by atoms with Crippen LogP contribution in [0.3, 0.4) is 0 Å². The van der Waals surface area contributed by atoms with Gasteiger partial charge in [0.05, 0.1) is 16.8 Å². The van der Waals surface area contributed by atoms with E-state index in [0.717, 1.165) is 31.9 Å². The van der Waals surface area contributed by atoms with Crippen molar-refractivity contribution in [1.29, 1.82) is 0 Å². The zero-order valence-corrected chi connectivity index (χ0v) is 13.9. The molecule has 1 fully saturated rings. The number of pyridine rings is 1. The van der Waals surface area contributed by atoms with Gasteiger partial charge >= 0.3 is 0 Å². The van der Waals surface area contributed by atoms with E-state index in [1.54, 1.807) is 31.3 Å². The number of nitrogens with zero attached hydrogens (tertiary/aromatic N) is 3. The number of para-hydroxylation sites is 1. The third-order valence-electron chi connectivity index (χ3n) is 4.14. The Morgan fingerprint density at radius 3 is 2.68 bits per heavy atom. The number of hydrogen-bond acceptors (Lipinski definition) is 6. The molecule has 8 nitrogen and oxygen atoms in total. The molecule has 3 rings (SSSR count). The highest BCUT2D eigenvalue weighted by Crippen LogP contribution is 2.24. The summed E-state index contributed by atoms with van der Waals surface area (Å²) in [6.45, 7) is 5.27. The second-order valence-electron chi connectivity index (χ2n) is 5.82. The van der Waals surface area contributed by atoms with E-state index < -0.39 is 10.8 Å². The first-order valence-electron chi connectivity index (χ1n) is 8.03. The average Bonchev–Trinajstić information content (AvgIpc) is 2.62. The molecule has 1 aliphatic rings. The quantitative estimate of drug-likeness (QED) is 0.651. The van der Waals surface area contributed by atoms with Gasteiger partial charge in [-0.1, -0.05) is 12.1 Å². The Labute approximate surface area is 145 Å². The van der Waals surface area contributed by atoms with E-state index in [1.165, 1.54) is 6.07 Å². The summed E-state index contributed by atoms with van der Waals surface area (Å²) >= 11 is 0. The normalized spacial score (nSPS) is 14.2. The lowest BCUT2D eigenvalue weighted by atomic mass is 10.1. The van der Waals surface area contributed by atoms with Gasteiger partial charge in [-0.25, -0.2) is 4.98 Å². The first-order chi connectivity index (χ1) is 12.1. The molecule has 1 aliphatic heterocycles. The number of anilines is 2. The van der Waals surface area contributed by atoms with Crippen molar-refractivity contribution in [1.82, 2.24) is 10.3 Å². The van der Waals surface area contributed by atoms with Gasteiger partial charge in [-0.05, 0) is 25.1 Å². The molecule has 0 saturated carbocycles. The van der Waals surface area contributed by atoms with E-state index in [9.17, 15) is 14.9 Å². The molecule has 1 aromatic carbocycles. The summed E-state index contributed by atoms with van der Waals surface area (Å²) in [5.41, 5.74) is 1.27. The van der Waals surface area contributed by atoms with Crippen LogP contribution in [0, 0.1) is 17.0 Å². The summed E-state index contributed by atoms with van der Waals surface area (Å²) < 4.78 is 0. The number of benzene rings is 1. The Balaban J connectivity index is 1.75. The molecule has 130 valence electrons. The van der Waals surface area contributed by atoms with Gasteiger partial charge in [0.25, 0.3) is 11.6 Å². The van der Waals surface area contributed by atoms with Crippen LogP contribution in [0.5, 0.6) is 0 Å². The van der Waals surface area contributed by atoms with Crippen LogP contribution in [0.2, 0.25) is 0 Å². The minimum atomic E-state index is -0.544. The van der Waals surface area contributed by atoms with Crippen LogP contribution in [0.4, 0.5) is 17.2 Å². The Morgan fingerprint density at radius 1 is 1.28 bits per heavy atom. The zero-order valence-electron chi connectivity index (χ0n) is 13.9. The summed E-state index contributed by atoms with van der Waals surface area (Å²) in [4.78, 5) is 29.5. The fraction of sp³-hybridized carbons (Fsp3) is 0.294. The molecule has 1 saturated heterocycles. The third-order valence-corrected chi connectivity index (χ3v) is 4.14. The Bertz CT molecular complexity index is 785. The van der Waals surface area contributed by atoms with Crippen LogP contribution >= 0.6 is 0 Å². The van der Waals surface area contributed by atoms with Crippen molar-refractivity contribution < 1.29 is 9.72 Å². The first kappa shape index (κ1) is 16.8. The van der Waals surface area contributed by atoms with E-state index >= 15 is 0 Å². The number of nitro groups is 1. The fourth-order valence-corrected chi connectivity index (χ4v) is 2.84. The van der Waals surface area contributed by atoms with Gasteiger partial charge in [-0.15, -0.1) is 0 Å². The summed E-state index contributed by atoms with van der Waals surface area (Å²) in [5.74, 6) is -0.183. The summed E-state index contributed by atoms with van der Waals surface area (Å²) in [7, 11) is 0. The largest absolute Gasteiger partial charge is 0.368 e. The number of carbonyl (C=O) groups excluding carboxylic acids is 1. The van der Waals surface area contributed by atoms with Crippen molar-refractivity contribution >= 4 is 23.1 Å². The molecule has 0 radical (unpaired) electrons. The highest BCUT2D eigenvalue weighted by molar-refractivity contribution is 6.07. The highest BCUT2D eigenvalue weighted by atomic mass is 16.6. The predicted octanol–water partition coefficient (Wildman–Crippen LogP) is 1.96. The molecule has 1 aromatic heterocycles. The van der Waals surface area contributed by atoms with Crippen LogP contribution in [0.25, 0.3) is 0 Å². The number of nitro benzene ring substituents is 1. The van der Waals surface area contributed by atoms with Gasteiger partial charge < -0.3 is 15.5 Å². The molecule has 0 atom stereocenters. The fourth-order valence-electron chi connectivity index (χ4n) is 2.84. The van der Waals surface area contributed by atoms with Crippen LogP contribution < -0.4 is 15.5 Å². The smallest absolute Gasteiger partial charge is 0.285 e. The maximum Gasteiger partial charge on any atom is 0.285 e. The monoisotopic (exact) mass is 341 g/mol. The summed E-state index contributed by atoms with van der Waals surface area (Å²) in [5, 5.41) is 17.1. The topological polar surface area (TPSA) is 100 Å². The molecule has 0 spiro atoms. The van der Waals surface area contributed by atoms with Crippen LogP contribution in [0.1, 0.15) is 15.9 Å². The number of piperazine rings is 1. The van der Waals surface area contributed by atoms with E-state index in [2.05, 4.69) is 20.5 Å². The third kappa shape index (κ3) is 3.74. The molecule has 2 heterocycles. The molecule has 25 heavy (non-hydrogen) atoms. The first-order valence-corrected chi connectivity index (χ1v) is 8.03. The van der Waals surface area contributed by atoms with Crippen LogP contribution in [-0.2, 0) is 0 Å². The van der Waals surface area contributed by atoms with Gasteiger partial charge in [-0.2, -0.15) is 0 Å². The standard InChI is InChI=1S/C17H19N5O3/c1-12-3-2-4-14(16(12)22(24)25)17(23)20-15-6-5-13(11-19-15)21-9-7-18-8-10-21/h2-6,11,18H,7-10H2,1H3,(H,19,20,23). The van der Waals surface area contributed by atoms with E-state index in [-0.39, 0.29) is 11.3 Å². The lowest BCUT2D eigenvalue weighted by molar-refractivity contribution is -0.385. The van der Waals surface area contributed by atoms with Crippen LogP contribution in [-0.4, -0.2) is 42.0 Å². The number of aryl methyl sites for hydroxylation is 1. The number of amides is 1. The van der Waals surface area contributed by atoms with E-state index in [1.807, 2.05) is 6.07 Å². The number of aromatic nitrogens is 1. The van der Waals surface area contributed by atoms with Gasteiger partial charge in [0, 0.05) is 31.7 Å². The Morgan fingerprint density at radius 2 is 2.04 bits per heavy atom. The van der Waals surface area contributed by atoms with Gasteiger partial charge in [0.15, 0.2) is 0 Å². The molecule has 0 bridgehead atoms. The summed E-state index contributed by atoms with van der Waals surface area (Å²) in [6, 6.07) is 8.26. The molecule has 1 amide bonds. The van der Waals surface area contributed by atoms with Crippen molar-refractivity contribution in [3.05, 3.63) is 57.8 Å². The molecular formula is C17H19N5O3. The molecule has 0 unspecified atom stereocenters. The minimum absolute atomic E-state index is 0.0259. The van der Waals surface area contributed by atoms with Crippen molar-refractivity contribution in [2.24, 2.45) is 0 Å². The van der Waals surface area contributed by atoms with Crippen molar-refractivity contribution in [2.75, 3.05) is 36.4 Å². The van der Waals surface area contributed by atoms with Crippen molar-refractivity contribution in [2.45, 2.75) is 6.92 Å². The van der Waals surface area contributed by atoms with Gasteiger partial charge in [0.2, 0.25) is 0 Å². The molecule has 2 N–H and O–H groups in total. The maximum absolute atomic E-state index is 12.4. The average molecular weight is 341 g/mol. The number of nitrogens with one attached hydrogen (secondary N) is 2. The number of carbonyl (C=O) groups is 1. The van der Waals surface area contributed by atoms with Crippen LogP contribution in [0.15, 0.2) is 36.5 Å². The van der Waals surface area contributed by atoms with Gasteiger partial charge in [0.1, 0.15) is 11.4 Å². The Kier molecular flexibility index (Phi) is 4.90. The zero-order chi connectivity index (χ0) is 17.8. The molecule has 8 heteroatoms. The van der Waals surface area contributed by atoms with E-state index in [0.29, 0.717) is 11.4 Å². The second kappa shape index (κ2) is 7.27. The minimum Gasteiger partial charge on any atom is -0.368 e. The highest BCUT2D eigenvalue weighted by Gasteiger charge is 2.22. The van der Waals surface area contributed by atoms with Crippen molar-refractivity contribution in [3.63, 3.8) is 0 Å². The predicted molar refractivity (Wildman–Crippen MR) is 95.1 cm³/mol. The second-order valence-corrected chi connectivity index (χ2v) is 5.82. The molecule has 0 aliphatic carbocycles. The lowest BCUT2D eigenvalue weighted by Gasteiger charge is -2.29. The van der Waals surface area contributed by atoms with Crippen molar-refractivity contribution in [3.8, 4) is 0 Å². The molecular weight excluding hydrogens is 322 g/mol. The Hall–Kier alpha value is -3.00. The van der Waals surface area contributed by atoms with E-state index in [4.69, 9.17) is 0 Å². The number of hydrogen-bond donors (Lipinski definition) is 2. The SMILES string of the molecule is Cc1cccc(C(=O)Nc2ccc(N3CCNCC3)cn2)c1[N+](=O)[O-]. The lowest BCUT2D eigenvalue weighted by Crippen LogP contribution is -2.43. The number of rotatable bonds is 4. The van der Waals surface area contributed by atoms with Gasteiger partial charge in [-0.3, -0.25) is 14.9 Å².